The van der Waals surface area contributed by atoms with Gasteiger partial charge in [-0.1, -0.05) is 66.7 Å². The summed E-state index contributed by atoms with van der Waals surface area (Å²) < 4.78 is 22.1. The van der Waals surface area contributed by atoms with Gasteiger partial charge in [0.15, 0.2) is 6.20 Å². The Morgan fingerprint density at radius 3 is 2.05 bits per heavy atom. The van der Waals surface area contributed by atoms with Crippen molar-refractivity contribution in [2.24, 2.45) is 7.05 Å². The van der Waals surface area contributed by atoms with Crippen LogP contribution in [0.1, 0.15) is 5.56 Å². The monoisotopic (exact) mass is 530 g/mol. The number of aryl methyl sites for hydroxylation is 2. The van der Waals surface area contributed by atoms with E-state index in [2.05, 4.69) is 97.5 Å². The number of nitrogens with zero attached hydrogens (tertiary/aromatic N) is 1. The molecule has 4 heteroatoms. The second kappa shape index (κ2) is 8.09. The average Bonchev–Trinajstić information content (AvgIpc) is 3.68. The number of pyridine rings is 1. The van der Waals surface area contributed by atoms with E-state index in [9.17, 15) is 0 Å². The van der Waals surface area contributed by atoms with Crippen LogP contribution in [0.15, 0.2) is 123 Å². The number of aromatic nitrogens is 1. The van der Waals surface area contributed by atoms with Crippen LogP contribution in [0.2, 0.25) is 0 Å². The molecule has 0 aliphatic rings. The maximum atomic E-state index is 6.87. The molecular weight excluding hydrogens is 506 g/mol. The Labute approximate surface area is 234 Å². The molecule has 0 bridgehead atoms. The summed E-state index contributed by atoms with van der Waals surface area (Å²) in [4.78, 5) is 0. The van der Waals surface area contributed by atoms with Gasteiger partial charge < -0.3 is 13.3 Å². The highest BCUT2D eigenvalue weighted by Crippen LogP contribution is 2.47. The van der Waals surface area contributed by atoms with E-state index < -0.39 is 0 Å². The topological polar surface area (TPSA) is 43.3 Å². The number of rotatable bonds is 2. The van der Waals surface area contributed by atoms with Crippen molar-refractivity contribution >= 4 is 65.8 Å². The molecule has 0 N–H and O–H groups in total. The molecule has 0 fully saturated rings. The average molecular weight is 531 g/mol. The Bertz CT molecular complexity index is 2510. The molecule has 41 heavy (non-hydrogen) atoms. The SMILES string of the molecule is Cc1ccc2c(oc3c(-c4cc5oc6ccccc6c5c5c4oc4ccccc45)cccc32)c1-c1cccc[n+]1C. The summed E-state index contributed by atoms with van der Waals surface area (Å²) >= 11 is 0. The quantitative estimate of drug-likeness (QED) is 0.209. The van der Waals surface area contributed by atoms with Crippen molar-refractivity contribution in [3.8, 4) is 22.4 Å². The maximum Gasteiger partial charge on any atom is 0.216 e. The molecule has 4 heterocycles. The second-order valence-electron chi connectivity index (χ2n) is 10.8. The summed E-state index contributed by atoms with van der Waals surface area (Å²) in [6.45, 7) is 2.14. The molecule has 0 spiro atoms. The zero-order valence-corrected chi connectivity index (χ0v) is 22.6. The number of hydrogen-bond donors (Lipinski definition) is 0. The fourth-order valence-electron chi connectivity index (χ4n) is 6.58. The summed E-state index contributed by atoms with van der Waals surface area (Å²) in [7, 11) is 2.07. The van der Waals surface area contributed by atoms with Gasteiger partial charge in [0.05, 0.1) is 5.56 Å². The molecule has 4 aromatic heterocycles. The smallest absolute Gasteiger partial charge is 0.216 e. The molecule has 0 atom stereocenters. The van der Waals surface area contributed by atoms with E-state index in [1.807, 2.05) is 30.3 Å². The molecule has 0 amide bonds. The molecule has 9 rings (SSSR count). The summed E-state index contributed by atoms with van der Waals surface area (Å²) in [5.41, 5.74) is 10.4. The lowest BCUT2D eigenvalue weighted by atomic mass is 9.96. The van der Waals surface area contributed by atoms with Crippen LogP contribution in [-0.4, -0.2) is 0 Å². The van der Waals surface area contributed by atoms with E-state index in [4.69, 9.17) is 13.3 Å². The van der Waals surface area contributed by atoms with Crippen molar-refractivity contribution in [2.45, 2.75) is 6.92 Å². The van der Waals surface area contributed by atoms with Crippen LogP contribution < -0.4 is 4.57 Å². The number of furan rings is 3. The standard InChI is InChI=1S/C37H24NO3/c1-21-17-18-24-22-12-9-13-23(35(22)41-36(24)32(21)28-14-7-8-19-38(28)2)27-20-31-33(25-10-3-5-15-29(25)39-31)34-26-11-4-6-16-30(26)40-37(27)34/h3-20H,1-2H3/q+1. The molecule has 0 aliphatic carbocycles. The van der Waals surface area contributed by atoms with Crippen LogP contribution in [0, 0.1) is 6.92 Å². The first kappa shape index (κ1) is 22.5. The zero-order chi connectivity index (χ0) is 27.2. The lowest BCUT2D eigenvalue weighted by molar-refractivity contribution is -0.660. The van der Waals surface area contributed by atoms with Crippen LogP contribution in [0.4, 0.5) is 0 Å². The van der Waals surface area contributed by atoms with Crippen LogP contribution in [0.3, 0.4) is 0 Å². The molecule has 4 nitrogen and oxygen atoms in total. The molecule has 0 saturated carbocycles. The lowest BCUT2D eigenvalue weighted by Crippen LogP contribution is -2.30. The molecule has 9 aromatic rings. The normalized spacial score (nSPS) is 12.1. The molecule has 0 aliphatic heterocycles. The van der Waals surface area contributed by atoms with Gasteiger partial charge in [-0.2, -0.15) is 0 Å². The van der Waals surface area contributed by atoms with Gasteiger partial charge in [0.2, 0.25) is 5.69 Å². The third kappa shape index (κ3) is 3.02. The first-order valence-corrected chi connectivity index (χ1v) is 13.8. The van der Waals surface area contributed by atoms with Gasteiger partial charge in [0, 0.05) is 55.6 Å². The van der Waals surface area contributed by atoms with Crippen LogP contribution in [-0.2, 0) is 7.05 Å². The number of fused-ring (bicyclic) bond motifs is 10. The van der Waals surface area contributed by atoms with Gasteiger partial charge >= 0.3 is 0 Å². The van der Waals surface area contributed by atoms with Gasteiger partial charge in [0.25, 0.3) is 0 Å². The predicted molar refractivity (Wildman–Crippen MR) is 165 cm³/mol. The van der Waals surface area contributed by atoms with Crippen molar-refractivity contribution in [2.75, 3.05) is 0 Å². The van der Waals surface area contributed by atoms with E-state index in [-0.39, 0.29) is 0 Å². The predicted octanol–water partition coefficient (Wildman–Crippen LogP) is 9.85. The number of hydrogen-bond acceptors (Lipinski definition) is 3. The molecule has 0 saturated heterocycles. The van der Waals surface area contributed by atoms with Gasteiger partial charge in [-0.25, -0.2) is 4.57 Å². The Hall–Kier alpha value is -5.35. The van der Waals surface area contributed by atoms with Crippen molar-refractivity contribution in [1.29, 1.82) is 0 Å². The highest BCUT2D eigenvalue weighted by Gasteiger charge is 2.25. The first-order chi connectivity index (χ1) is 20.2. The Kier molecular flexibility index (Phi) is 4.43. The molecule has 5 aromatic carbocycles. The van der Waals surface area contributed by atoms with E-state index in [0.29, 0.717) is 0 Å². The fourth-order valence-corrected chi connectivity index (χ4v) is 6.58. The highest BCUT2D eigenvalue weighted by atomic mass is 16.3. The number of benzene rings is 5. The minimum atomic E-state index is 0.834. The van der Waals surface area contributed by atoms with Crippen molar-refractivity contribution in [3.63, 3.8) is 0 Å². The van der Waals surface area contributed by atoms with E-state index >= 15 is 0 Å². The van der Waals surface area contributed by atoms with Crippen molar-refractivity contribution < 1.29 is 17.8 Å². The summed E-state index contributed by atoms with van der Waals surface area (Å²) in [6, 6.07) is 35.5. The zero-order valence-electron chi connectivity index (χ0n) is 22.6. The Morgan fingerprint density at radius 1 is 0.512 bits per heavy atom. The minimum Gasteiger partial charge on any atom is -0.456 e. The Morgan fingerprint density at radius 2 is 1.22 bits per heavy atom. The van der Waals surface area contributed by atoms with Crippen LogP contribution >= 0.6 is 0 Å². The maximum absolute atomic E-state index is 6.87. The van der Waals surface area contributed by atoms with Crippen molar-refractivity contribution in [3.05, 3.63) is 115 Å². The van der Waals surface area contributed by atoms with Gasteiger partial charge in [-0.3, -0.25) is 0 Å². The highest BCUT2D eigenvalue weighted by molar-refractivity contribution is 6.29. The largest absolute Gasteiger partial charge is 0.456 e. The Balaban J connectivity index is 1.43. The van der Waals surface area contributed by atoms with E-state index in [1.165, 1.54) is 5.56 Å². The minimum absolute atomic E-state index is 0.834. The van der Waals surface area contributed by atoms with Gasteiger partial charge in [0.1, 0.15) is 40.5 Å². The third-order valence-corrected chi connectivity index (χ3v) is 8.46. The van der Waals surface area contributed by atoms with E-state index in [0.717, 1.165) is 88.2 Å². The lowest BCUT2D eigenvalue weighted by Gasteiger charge is -2.05. The summed E-state index contributed by atoms with van der Waals surface area (Å²) in [6.07, 6.45) is 2.07. The molecule has 194 valence electrons. The van der Waals surface area contributed by atoms with Crippen molar-refractivity contribution in [1.82, 2.24) is 0 Å². The summed E-state index contributed by atoms with van der Waals surface area (Å²) in [5.74, 6) is 0. The fraction of sp³-hybridized carbons (Fsp3) is 0.0541. The third-order valence-electron chi connectivity index (χ3n) is 8.46. The first-order valence-electron chi connectivity index (χ1n) is 13.8. The van der Waals surface area contributed by atoms with E-state index in [1.54, 1.807) is 0 Å². The van der Waals surface area contributed by atoms with Crippen LogP contribution in [0.25, 0.3) is 88.2 Å². The van der Waals surface area contributed by atoms with Crippen LogP contribution in [0.5, 0.6) is 0 Å². The summed E-state index contributed by atoms with van der Waals surface area (Å²) in [5, 5.41) is 6.48. The van der Waals surface area contributed by atoms with Gasteiger partial charge in [-0.05, 0) is 36.8 Å². The molecule has 0 unspecified atom stereocenters. The molecule has 0 radical (unpaired) electrons. The van der Waals surface area contributed by atoms with Gasteiger partial charge in [-0.15, -0.1) is 0 Å². The number of para-hydroxylation sites is 3. The molecular formula is C37H24NO3+. The second-order valence-corrected chi connectivity index (χ2v) is 10.8.